The molecule has 1 unspecified atom stereocenters. The van der Waals surface area contributed by atoms with Gasteiger partial charge in [-0.15, -0.1) is 0 Å². The zero-order chi connectivity index (χ0) is 18.9. The van der Waals surface area contributed by atoms with E-state index in [4.69, 9.17) is 9.47 Å². The number of rotatable bonds is 9. The molecule has 0 aliphatic carbocycles. The van der Waals surface area contributed by atoms with Gasteiger partial charge < -0.3 is 14.8 Å². The van der Waals surface area contributed by atoms with Crippen LogP contribution in [0.25, 0.3) is 0 Å². The summed E-state index contributed by atoms with van der Waals surface area (Å²) >= 11 is 0. The van der Waals surface area contributed by atoms with Gasteiger partial charge in [-0.25, -0.2) is 0 Å². The average Bonchev–Trinajstić information content (AvgIpc) is 2.65. The number of benzene rings is 1. The maximum atomic E-state index is 12.2. The normalized spacial score (nSPS) is 11.9. The van der Waals surface area contributed by atoms with E-state index in [1.54, 1.807) is 19.5 Å². The summed E-state index contributed by atoms with van der Waals surface area (Å²) in [5, 5.41) is 3.04. The summed E-state index contributed by atoms with van der Waals surface area (Å²) in [5.41, 5.74) is 2.09. The molecule has 1 atom stereocenters. The third-order valence-corrected chi connectivity index (χ3v) is 4.03. The molecule has 1 aromatic heterocycles. The number of pyridine rings is 1. The molecule has 2 rings (SSSR count). The van der Waals surface area contributed by atoms with Crippen LogP contribution in [-0.4, -0.2) is 24.6 Å². The number of methoxy groups -OCH3 is 1. The highest BCUT2D eigenvalue weighted by molar-refractivity contribution is 5.76. The fourth-order valence-electron chi connectivity index (χ4n) is 2.53. The maximum Gasteiger partial charge on any atom is 0.220 e. The van der Waals surface area contributed by atoms with Gasteiger partial charge >= 0.3 is 0 Å². The van der Waals surface area contributed by atoms with Gasteiger partial charge in [-0.1, -0.05) is 19.9 Å². The van der Waals surface area contributed by atoms with E-state index in [2.05, 4.69) is 24.1 Å². The van der Waals surface area contributed by atoms with E-state index in [9.17, 15) is 4.79 Å². The van der Waals surface area contributed by atoms with E-state index in [0.29, 0.717) is 31.1 Å². The number of carbonyl (C=O) groups is 1. The van der Waals surface area contributed by atoms with Gasteiger partial charge in [-0.05, 0) is 54.7 Å². The molecule has 140 valence electrons. The molecular weight excluding hydrogens is 328 g/mol. The largest absolute Gasteiger partial charge is 0.493 e. The molecule has 0 saturated heterocycles. The van der Waals surface area contributed by atoms with Gasteiger partial charge in [0.05, 0.1) is 19.8 Å². The van der Waals surface area contributed by atoms with E-state index in [-0.39, 0.29) is 11.9 Å². The minimum atomic E-state index is -0.104. The van der Waals surface area contributed by atoms with Crippen molar-refractivity contribution < 1.29 is 14.3 Å². The van der Waals surface area contributed by atoms with Crippen LogP contribution in [0.5, 0.6) is 11.5 Å². The van der Waals surface area contributed by atoms with Gasteiger partial charge in [0.2, 0.25) is 5.91 Å². The Morgan fingerprint density at radius 2 is 1.85 bits per heavy atom. The van der Waals surface area contributed by atoms with Crippen molar-refractivity contribution in [2.45, 2.75) is 39.7 Å². The first kappa shape index (κ1) is 19.8. The predicted molar refractivity (Wildman–Crippen MR) is 102 cm³/mol. The van der Waals surface area contributed by atoms with Crippen LogP contribution in [0.3, 0.4) is 0 Å². The lowest BCUT2D eigenvalue weighted by atomic mass is 10.1. The Labute approximate surface area is 155 Å². The number of carbonyl (C=O) groups excluding carboxylic acids is 1. The molecule has 1 aromatic carbocycles. The highest BCUT2D eigenvalue weighted by Crippen LogP contribution is 2.30. The third-order valence-electron chi connectivity index (χ3n) is 4.03. The zero-order valence-corrected chi connectivity index (χ0v) is 16.0. The SMILES string of the molecule is COc1cc(C(C)NC(=O)CCc2ccncc2)ccc1OCC(C)C. The average molecular weight is 356 g/mol. The Morgan fingerprint density at radius 1 is 1.12 bits per heavy atom. The predicted octanol–water partition coefficient (Wildman–Crippen LogP) is 3.94. The second kappa shape index (κ2) is 9.80. The molecular formula is C21H28N2O3. The van der Waals surface area contributed by atoms with Crippen LogP contribution in [0, 0.1) is 5.92 Å². The first-order valence-corrected chi connectivity index (χ1v) is 8.98. The molecule has 2 aromatic rings. The van der Waals surface area contributed by atoms with Gasteiger partial charge in [0.1, 0.15) is 0 Å². The Hall–Kier alpha value is -2.56. The van der Waals surface area contributed by atoms with Gasteiger partial charge in [-0.2, -0.15) is 0 Å². The minimum absolute atomic E-state index is 0.0217. The summed E-state index contributed by atoms with van der Waals surface area (Å²) in [6.07, 6.45) is 4.63. The Morgan fingerprint density at radius 3 is 2.50 bits per heavy atom. The second-order valence-corrected chi connectivity index (χ2v) is 6.76. The highest BCUT2D eigenvalue weighted by atomic mass is 16.5. The quantitative estimate of drug-likeness (QED) is 0.739. The van der Waals surface area contributed by atoms with Gasteiger partial charge in [0.15, 0.2) is 11.5 Å². The number of nitrogens with zero attached hydrogens (tertiary/aromatic N) is 1. The van der Waals surface area contributed by atoms with Crippen molar-refractivity contribution in [1.29, 1.82) is 0 Å². The van der Waals surface area contributed by atoms with Crippen LogP contribution >= 0.6 is 0 Å². The van der Waals surface area contributed by atoms with E-state index < -0.39 is 0 Å². The summed E-state index contributed by atoms with van der Waals surface area (Å²) in [6, 6.07) is 9.54. The molecule has 0 aliphatic heterocycles. The van der Waals surface area contributed by atoms with Gasteiger partial charge in [0, 0.05) is 18.8 Å². The summed E-state index contributed by atoms with van der Waals surface area (Å²) in [7, 11) is 1.62. The van der Waals surface area contributed by atoms with E-state index in [0.717, 1.165) is 16.9 Å². The van der Waals surface area contributed by atoms with Crippen molar-refractivity contribution >= 4 is 5.91 Å². The number of hydrogen-bond donors (Lipinski definition) is 1. The van der Waals surface area contributed by atoms with Crippen LogP contribution in [0.2, 0.25) is 0 Å². The molecule has 0 radical (unpaired) electrons. The maximum absolute atomic E-state index is 12.2. The smallest absolute Gasteiger partial charge is 0.220 e. The Bertz CT molecular complexity index is 702. The van der Waals surface area contributed by atoms with E-state index >= 15 is 0 Å². The molecule has 0 aliphatic rings. The van der Waals surface area contributed by atoms with Crippen LogP contribution in [0.4, 0.5) is 0 Å². The third kappa shape index (κ3) is 6.06. The summed E-state index contributed by atoms with van der Waals surface area (Å²) in [4.78, 5) is 16.2. The molecule has 0 bridgehead atoms. The first-order valence-electron chi connectivity index (χ1n) is 8.98. The molecule has 0 spiro atoms. The van der Waals surface area contributed by atoms with Crippen molar-refractivity contribution in [2.75, 3.05) is 13.7 Å². The first-order chi connectivity index (χ1) is 12.5. The molecule has 0 fully saturated rings. The standard InChI is InChI=1S/C21H28N2O3/c1-15(2)14-26-19-7-6-18(13-20(19)25-4)16(3)23-21(24)8-5-17-9-11-22-12-10-17/h6-7,9-13,15-16H,5,8,14H2,1-4H3,(H,23,24). The Balaban J connectivity index is 1.93. The van der Waals surface area contributed by atoms with Crippen molar-refractivity contribution in [2.24, 2.45) is 5.92 Å². The topological polar surface area (TPSA) is 60.5 Å². The van der Waals surface area contributed by atoms with Crippen molar-refractivity contribution in [1.82, 2.24) is 10.3 Å². The van der Waals surface area contributed by atoms with E-state index in [1.165, 1.54) is 0 Å². The van der Waals surface area contributed by atoms with Crippen molar-refractivity contribution in [3.8, 4) is 11.5 Å². The molecule has 5 heteroatoms. The number of ether oxygens (including phenoxy) is 2. The lowest BCUT2D eigenvalue weighted by Crippen LogP contribution is -2.26. The number of amides is 1. The van der Waals surface area contributed by atoms with Crippen LogP contribution in [0.15, 0.2) is 42.7 Å². The molecule has 0 saturated carbocycles. The van der Waals surface area contributed by atoms with Gasteiger partial charge in [0.25, 0.3) is 0 Å². The number of nitrogens with one attached hydrogen (secondary N) is 1. The lowest BCUT2D eigenvalue weighted by Gasteiger charge is -2.18. The molecule has 5 nitrogen and oxygen atoms in total. The molecule has 1 N–H and O–H groups in total. The Kier molecular flexibility index (Phi) is 7.45. The van der Waals surface area contributed by atoms with E-state index in [1.807, 2.05) is 37.3 Å². The van der Waals surface area contributed by atoms with Crippen molar-refractivity contribution in [3.05, 3.63) is 53.9 Å². The van der Waals surface area contributed by atoms with Crippen LogP contribution < -0.4 is 14.8 Å². The lowest BCUT2D eigenvalue weighted by molar-refractivity contribution is -0.121. The van der Waals surface area contributed by atoms with Crippen molar-refractivity contribution in [3.63, 3.8) is 0 Å². The van der Waals surface area contributed by atoms with Crippen LogP contribution in [-0.2, 0) is 11.2 Å². The number of aromatic nitrogens is 1. The monoisotopic (exact) mass is 356 g/mol. The fraction of sp³-hybridized carbons (Fsp3) is 0.429. The van der Waals surface area contributed by atoms with Crippen LogP contribution in [0.1, 0.15) is 44.4 Å². The van der Waals surface area contributed by atoms with Gasteiger partial charge in [-0.3, -0.25) is 9.78 Å². The summed E-state index contributed by atoms with van der Waals surface area (Å²) in [5.74, 6) is 1.87. The number of hydrogen-bond acceptors (Lipinski definition) is 4. The zero-order valence-electron chi connectivity index (χ0n) is 16.0. The number of aryl methyl sites for hydroxylation is 1. The molecule has 26 heavy (non-hydrogen) atoms. The second-order valence-electron chi connectivity index (χ2n) is 6.76. The molecule has 1 heterocycles. The highest BCUT2D eigenvalue weighted by Gasteiger charge is 2.13. The summed E-state index contributed by atoms with van der Waals surface area (Å²) < 4.78 is 11.2. The minimum Gasteiger partial charge on any atom is -0.493 e. The molecule has 1 amide bonds. The fourth-order valence-corrected chi connectivity index (χ4v) is 2.53. The summed E-state index contributed by atoms with van der Waals surface area (Å²) in [6.45, 7) is 6.81.